The number of hydrogen-bond acceptors (Lipinski definition) is 4. The van der Waals surface area contributed by atoms with E-state index in [1.54, 1.807) is 0 Å². The molecule has 0 spiro atoms. The number of furan rings is 1. The minimum absolute atomic E-state index is 0. The third-order valence-corrected chi connectivity index (χ3v) is 7.78. The number of aliphatic hydroxyl groups excluding tert-OH is 1. The Labute approximate surface area is 256 Å². The van der Waals surface area contributed by atoms with Crippen molar-refractivity contribution in [2.75, 3.05) is 0 Å². The Morgan fingerprint density at radius 2 is 1.61 bits per heavy atom. The molecule has 6 rings (SSSR count). The number of aliphatic hydroxyl groups is 1. The average Bonchev–Trinajstić information content (AvgIpc) is 3.22. The largest absolute Gasteiger partial charge is 0.512 e. The maximum atomic E-state index is 11.5. The zero-order valence-corrected chi connectivity index (χ0v) is 27.7. The van der Waals surface area contributed by atoms with E-state index in [0.717, 1.165) is 33.3 Å². The molecule has 1 N–H and O–H groups in total. The predicted molar refractivity (Wildman–Crippen MR) is 165 cm³/mol. The van der Waals surface area contributed by atoms with Crippen LogP contribution in [0.5, 0.6) is 0 Å². The smallest absolute Gasteiger partial charge is 0.164 e. The number of pyridine rings is 1. The van der Waals surface area contributed by atoms with Crippen molar-refractivity contribution in [1.82, 2.24) is 4.98 Å². The Balaban J connectivity index is 0.000000239. The Hall–Kier alpha value is -3.27. The predicted octanol–water partition coefficient (Wildman–Crippen LogP) is 9.64. The number of carbonyl (C=O) groups excluding carboxylic acids is 1. The van der Waals surface area contributed by atoms with Gasteiger partial charge in [0.05, 0.1) is 11.1 Å². The second kappa shape index (κ2) is 10.5. The summed E-state index contributed by atoms with van der Waals surface area (Å²) < 4.78 is 6.17. The zero-order valence-electron chi connectivity index (χ0n) is 25.3. The van der Waals surface area contributed by atoms with E-state index in [-0.39, 0.29) is 42.5 Å². The molecule has 2 aromatic heterocycles. The number of aromatic nitrogens is 1. The molecule has 0 saturated heterocycles. The second-order valence-electron chi connectivity index (χ2n) is 13.5. The van der Waals surface area contributed by atoms with Crippen molar-refractivity contribution in [3.8, 4) is 11.3 Å². The van der Waals surface area contributed by atoms with E-state index in [9.17, 15) is 9.90 Å². The molecule has 41 heavy (non-hydrogen) atoms. The van der Waals surface area contributed by atoms with Crippen LogP contribution >= 0.6 is 0 Å². The van der Waals surface area contributed by atoms with E-state index in [0.29, 0.717) is 0 Å². The molecule has 0 atom stereocenters. The van der Waals surface area contributed by atoms with Crippen LogP contribution in [0.2, 0.25) is 0 Å². The topological polar surface area (TPSA) is 63.3 Å². The van der Waals surface area contributed by atoms with Gasteiger partial charge in [0.25, 0.3) is 0 Å². The van der Waals surface area contributed by atoms with Crippen molar-refractivity contribution in [2.45, 2.75) is 67.7 Å². The van der Waals surface area contributed by atoms with Crippen LogP contribution in [0.25, 0.3) is 44.1 Å². The van der Waals surface area contributed by atoms with Crippen molar-refractivity contribution in [3.63, 3.8) is 0 Å². The van der Waals surface area contributed by atoms with Crippen molar-refractivity contribution in [1.29, 1.82) is 0 Å². The SMILES string of the molecule is CC(C)(C)C(=O)/C=C(\O)C(C)(C)C.Cc1ccc2nc3c(cc2c1)C(C)(C)c1cccc2oc4cc[c-]c-3c4c12.[Ir]. The van der Waals surface area contributed by atoms with Gasteiger partial charge < -0.3 is 9.52 Å². The molecule has 1 aliphatic rings. The number of aryl methyl sites for hydroxylation is 1. The van der Waals surface area contributed by atoms with Crippen molar-refractivity contribution in [3.05, 3.63) is 89.2 Å². The molecule has 5 aromatic rings. The van der Waals surface area contributed by atoms with Gasteiger partial charge in [-0.3, -0.25) is 9.78 Å². The van der Waals surface area contributed by atoms with Crippen LogP contribution in [0.1, 0.15) is 72.1 Å². The molecule has 1 radical (unpaired) electrons. The number of benzene rings is 3. The third-order valence-electron chi connectivity index (χ3n) is 7.78. The van der Waals surface area contributed by atoms with E-state index in [4.69, 9.17) is 9.40 Å². The fraction of sp³-hybridized carbons (Fsp3) is 0.333. The van der Waals surface area contributed by atoms with Crippen LogP contribution in [0.4, 0.5) is 0 Å². The molecule has 0 saturated carbocycles. The summed E-state index contributed by atoms with van der Waals surface area (Å²) in [6.07, 6.45) is 1.33. The minimum Gasteiger partial charge on any atom is -0.512 e. The summed E-state index contributed by atoms with van der Waals surface area (Å²) >= 11 is 0. The normalized spacial score (nSPS) is 14.3. The first-order valence-corrected chi connectivity index (χ1v) is 13.8. The van der Waals surface area contributed by atoms with Crippen LogP contribution in [0, 0.1) is 23.8 Å². The number of nitrogens with zero attached hydrogens (tertiary/aromatic N) is 1. The van der Waals surface area contributed by atoms with Crippen LogP contribution in [-0.2, 0) is 30.3 Å². The monoisotopic (exact) mass is 725 g/mol. The molecule has 215 valence electrons. The number of ketones is 1. The van der Waals surface area contributed by atoms with E-state index in [1.807, 2.05) is 53.7 Å². The quantitative estimate of drug-likeness (QED) is 0.106. The van der Waals surface area contributed by atoms with Crippen molar-refractivity contribution in [2.24, 2.45) is 10.8 Å². The Bertz CT molecular complexity index is 1830. The summed E-state index contributed by atoms with van der Waals surface area (Å²) in [7, 11) is 0. The van der Waals surface area contributed by atoms with Crippen LogP contribution < -0.4 is 0 Å². The molecule has 1 aliphatic carbocycles. The molecule has 3 aromatic carbocycles. The van der Waals surface area contributed by atoms with Crippen LogP contribution in [-0.4, -0.2) is 15.9 Å². The number of allylic oxidation sites excluding steroid dienone is 2. The fourth-order valence-electron chi connectivity index (χ4n) is 5.18. The third kappa shape index (κ3) is 5.50. The maximum absolute atomic E-state index is 11.5. The number of hydrogen-bond donors (Lipinski definition) is 1. The van der Waals surface area contributed by atoms with Gasteiger partial charge in [-0.25, -0.2) is 0 Å². The van der Waals surface area contributed by atoms with Gasteiger partial charge in [-0.2, -0.15) is 0 Å². The first kappa shape index (κ1) is 30.7. The van der Waals surface area contributed by atoms with Gasteiger partial charge in [0, 0.05) is 42.4 Å². The van der Waals surface area contributed by atoms with Gasteiger partial charge in [-0.1, -0.05) is 102 Å². The van der Waals surface area contributed by atoms with Gasteiger partial charge >= 0.3 is 0 Å². The van der Waals surface area contributed by atoms with Gasteiger partial charge in [0.1, 0.15) is 11.3 Å². The Kier molecular flexibility index (Phi) is 7.88. The molecule has 0 bridgehead atoms. The summed E-state index contributed by atoms with van der Waals surface area (Å²) in [6.45, 7) is 17.8. The number of rotatable bonds is 1. The van der Waals surface area contributed by atoms with E-state index in [2.05, 4.69) is 69.3 Å². The zero-order chi connectivity index (χ0) is 29.2. The standard InChI is InChI=1S/C25H18NO.C11H20O2.Ir/c1-14-10-11-19-15(12-14)13-18-24(26-19)16-6-4-8-20-22(16)23-17(25(18,2)3)7-5-9-21(23)27-20;1-10(2,3)8(12)7-9(13)11(4,5)6;/h4-5,7-13H,1-3H3;7,12H,1-6H3;/q-1;;/b;8-7-;. The van der Waals surface area contributed by atoms with E-state index < -0.39 is 5.41 Å². The fourth-order valence-corrected chi connectivity index (χ4v) is 5.18. The van der Waals surface area contributed by atoms with Crippen molar-refractivity contribution < 1.29 is 34.4 Å². The van der Waals surface area contributed by atoms with E-state index in [1.165, 1.54) is 33.5 Å². The number of fused-ring (bicyclic) bond motifs is 3. The Morgan fingerprint density at radius 1 is 0.927 bits per heavy atom. The minimum atomic E-state index is -0.417. The molecule has 0 aliphatic heterocycles. The summed E-state index contributed by atoms with van der Waals surface area (Å²) in [5.74, 6) is 0.104. The summed E-state index contributed by atoms with van der Waals surface area (Å²) in [5.41, 5.74) is 7.74. The maximum Gasteiger partial charge on any atom is 0.164 e. The van der Waals surface area contributed by atoms with Crippen LogP contribution in [0.15, 0.2) is 70.8 Å². The molecule has 0 fully saturated rings. The van der Waals surface area contributed by atoms with Gasteiger partial charge in [-0.05, 0) is 47.2 Å². The summed E-state index contributed by atoms with van der Waals surface area (Å²) in [6, 6.07) is 22.6. The summed E-state index contributed by atoms with van der Waals surface area (Å²) in [4.78, 5) is 16.6. The van der Waals surface area contributed by atoms with Gasteiger partial charge in [0.2, 0.25) is 0 Å². The number of carbonyl (C=O) groups is 1. The molecule has 0 amide bonds. The molecular formula is C36H38IrNO3-. The van der Waals surface area contributed by atoms with Crippen LogP contribution in [0.3, 0.4) is 0 Å². The van der Waals surface area contributed by atoms with Gasteiger partial charge in [0.15, 0.2) is 5.78 Å². The first-order chi connectivity index (χ1) is 18.6. The molecule has 0 unspecified atom stereocenters. The van der Waals surface area contributed by atoms with Crippen molar-refractivity contribution >= 4 is 38.6 Å². The van der Waals surface area contributed by atoms with E-state index >= 15 is 0 Å². The second-order valence-corrected chi connectivity index (χ2v) is 13.5. The molecule has 2 heterocycles. The summed E-state index contributed by atoms with van der Waals surface area (Å²) in [5, 5.41) is 13.1. The first-order valence-electron chi connectivity index (χ1n) is 13.8. The Morgan fingerprint density at radius 3 is 2.27 bits per heavy atom. The average molecular weight is 725 g/mol. The molecular weight excluding hydrogens is 687 g/mol. The van der Waals surface area contributed by atoms with Gasteiger partial charge in [-0.15, -0.1) is 17.7 Å². The molecule has 4 nitrogen and oxygen atoms in total. The molecule has 5 heteroatoms.